The van der Waals surface area contributed by atoms with Crippen LogP contribution in [0.5, 0.6) is 0 Å². The van der Waals surface area contributed by atoms with E-state index in [1.807, 2.05) is 0 Å². The quantitative estimate of drug-likeness (QED) is 0.812. The Bertz CT molecular complexity index is 317. The van der Waals surface area contributed by atoms with E-state index in [1.54, 1.807) is 0 Å². The van der Waals surface area contributed by atoms with E-state index < -0.39 is 5.97 Å². The lowest BCUT2D eigenvalue weighted by molar-refractivity contribution is -0.144. The van der Waals surface area contributed by atoms with Crippen molar-refractivity contribution in [3.05, 3.63) is 0 Å². The summed E-state index contributed by atoms with van der Waals surface area (Å²) in [6, 6.07) is 0. The average Bonchev–Trinajstić information content (AvgIpc) is 2.46. The van der Waals surface area contributed by atoms with E-state index in [4.69, 9.17) is 9.84 Å². The zero-order valence-corrected chi connectivity index (χ0v) is 11.3. The Kier molecular flexibility index (Phi) is 5.19. The van der Waals surface area contributed by atoms with Crippen molar-refractivity contribution in [2.75, 3.05) is 13.2 Å². The highest BCUT2D eigenvalue weighted by atomic mass is 16.5. The summed E-state index contributed by atoms with van der Waals surface area (Å²) in [5.74, 6) is -0.933. The lowest BCUT2D eigenvalue weighted by Gasteiger charge is -2.27. The van der Waals surface area contributed by atoms with Crippen LogP contribution in [0.2, 0.25) is 0 Å². The van der Waals surface area contributed by atoms with Gasteiger partial charge in [-0.3, -0.25) is 9.59 Å². The smallest absolute Gasteiger partial charge is 0.306 e. The second-order valence-electron chi connectivity index (χ2n) is 5.62. The Morgan fingerprint density at radius 2 is 1.74 bits per heavy atom. The van der Waals surface area contributed by atoms with E-state index in [1.165, 1.54) is 6.42 Å². The van der Waals surface area contributed by atoms with Crippen LogP contribution in [-0.2, 0) is 14.3 Å². The first-order valence-electron chi connectivity index (χ1n) is 7.29. The Morgan fingerprint density at radius 3 is 2.32 bits per heavy atom. The molecule has 0 spiro atoms. The van der Waals surface area contributed by atoms with Crippen LogP contribution in [0, 0.1) is 11.8 Å². The summed E-state index contributed by atoms with van der Waals surface area (Å²) in [5.41, 5.74) is 0. The molecule has 1 saturated carbocycles. The molecule has 1 unspecified atom stereocenters. The summed E-state index contributed by atoms with van der Waals surface area (Å²) in [7, 11) is 0. The molecule has 1 aliphatic heterocycles. The Labute approximate surface area is 113 Å². The number of hydrogen-bond acceptors (Lipinski definition) is 3. The normalized spacial score (nSPS) is 31.7. The Morgan fingerprint density at radius 1 is 1.05 bits per heavy atom. The maximum Gasteiger partial charge on any atom is 0.306 e. The van der Waals surface area contributed by atoms with Gasteiger partial charge in [-0.25, -0.2) is 0 Å². The molecule has 2 rings (SSSR count). The molecular formula is C14H23NO4. The fourth-order valence-corrected chi connectivity index (χ4v) is 2.93. The minimum atomic E-state index is -0.727. The summed E-state index contributed by atoms with van der Waals surface area (Å²) in [6.07, 6.45) is 6.08. The van der Waals surface area contributed by atoms with Gasteiger partial charge in [0, 0.05) is 19.1 Å². The number of carboxylic acid groups (broad SMARTS) is 1. The number of carboxylic acids is 1. The standard InChI is InChI=1S/C14H23NO4/c16-13(15-9-12-3-1-2-8-19-12)10-4-6-11(7-5-10)14(17)18/h10-12H,1-9H2,(H,15,16)(H,17,18). The summed E-state index contributed by atoms with van der Waals surface area (Å²) in [5, 5.41) is 11.9. The summed E-state index contributed by atoms with van der Waals surface area (Å²) < 4.78 is 5.57. The number of amides is 1. The van der Waals surface area contributed by atoms with Gasteiger partial charge in [-0.1, -0.05) is 0 Å². The molecule has 2 N–H and O–H groups in total. The number of carbonyl (C=O) groups is 2. The van der Waals surface area contributed by atoms with Gasteiger partial charge in [-0.2, -0.15) is 0 Å². The van der Waals surface area contributed by atoms with Crippen molar-refractivity contribution >= 4 is 11.9 Å². The number of nitrogens with one attached hydrogen (secondary N) is 1. The molecule has 19 heavy (non-hydrogen) atoms. The molecule has 2 fully saturated rings. The van der Waals surface area contributed by atoms with Gasteiger partial charge in [0.15, 0.2) is 0 Å². The molecule has 0 radical (unpaired) electrons. The van der Waals surface area contributed by atoms with Crippen LogP contribution in [0.25, 0.3) is 0 Å². The van der Waals surface area contributed by atoms with E-state index in [0.717, 1.165) is 19.4 Å². The van der Waals surface area contributed by atoms with Gasteiger partial charge in [0.25, 0.3) is 0 Å². The van der Waals surface area contributed by atoms with Crippen molar-refractivity contribution in [1.29, 1.82) is 0 Å². The van der Waals surface area contributed by atoms with E-state index in [9.17, 15) is 9.59 Å². The van der Waals surface area contributed by atoms with Crippen molar-refractivity contribution in [3.63, 3.8) is 0 Å². The number of rotatable bonds is 4. The maximum absolute atomic E-state index is 12.0. The third-order valence-electron chi connectivity index (χ3n) is 4.23. The molecule has 1 heterocycles. The van der Waals surface area contributed by atoms with Crippen LogP contribution < -0.4 is 5.32 Å². The molecule has 108 valence electrons. The monoisotopic (exact) mass is 269 g/mol. The van der Waals surface area contributed by atoms with Crippen molar-refractivity contribution < 1.29 is 19.4 Å². The molecule has 0 aromatic heterocycles. The Balaban J connectivity index is 1.67. The molecule has 1 aliphatic carbocycles. The molecule has 5 heteroatoms. The molecule has 0 aromatic rings. The fourth-order valence-electron chi connectivity index (χ4n) is 2.93. The van der Waals surface area contributed by atoms with E-state index in [-0.39, 0.29) is 23.8 Å². The summed E-state index contributed by atoms with van der Waals surface area (Å²) >= 11 is 0. The fraction of sp³-hybridized carbons (Fsp3) is 0.857. The highest BCUT2D eigenvalue weighted by molar-refractivity contribution is 5.79. The van der Waals surface area contributed by atoms with Gasteiger partial charge in [0.2, 0.25) is 5.91 Å². The first-order valence-corrected chi connectivity index (χ1v) is 7.29. The number of aliphatic carboxylic acids is 1. The molecule has 1 saturated heterocycles. The van der Waals surface area contributed by atoms with Crippen LogP contribution >= 0.6 is 0 Å². The molecule has 1 atom stereocenters. The van der Waals surface area contributed by atoms with Gasteiger partial charge in [-0.05, 0) is 44.9 Å². The third-order valence-corrected chi connectivity index (χ3v) is 4.23. The topological polar surface area (TPSA) is 75.6 Å². The van der Waals surface area contributed by atoms with E-state index >= 15 is 0 Å². The van der Waals surface area contributed by atoms with Gasteiger partial charge < -0.3 is 15.2 Å². The van der Waals surface area contributed by atoms with Gasteiger partial charge in [0.1, 0.15) is 0 Å². The van der Waals surface area contributed by atoms with Crippen LogP contribution in [0.15, 0.2) is 0 Å². The third kappa shape index (κ3) is 4.20. The first kappa shape index (κ1) is 14.3. The Hall–Kier alpha value is -1.10. The number of hydrogen-bond donors (Lipinski definition) is 2. The second kappa shape index (κ2) is 6.89. The first-order chi connectivity index (χ1) is 9.16. The average molecular weight is 269 g/mol. The summed E-state index contributed by atoms with van der Waals surface area (Å²) in [4.78, 5) is 22.8. The molecular weight excluding hydrogens is 246 g/mol. The minimum Gasteiger partial charge on any atom is -0.481 e. The van der Waals surface area contributed by atoms with Crippen molar-refractivity contribution in [1.82, 2.24) is 5.32 Å². The highest BCUT2D eigenvalue weighted by Crippen LogP contribution is 2.29. The SMILES string of the molecule is O=C(O)C1CCC(C(=O)NCC2CCCCO2)CC1. The zero-order chi connectivity index (χ0) is 13.7. The van der Waals surface area contributed by atoms with Gasteiger partial charge in [0.05, 0.1) is 12.0 Å². The summed E-state index contributed by atoms with van der Waals surface area (Å²) in [6.45, 7) is 1.39. The predicted octanol–water partition coefficient (Wildman–Crippen LogP) is 1.56. The van der Waals surface area contributed by atoms with E-state index in [2.05, 4.69) is 5.32 Å². The van der Waals surface area contributed by atoms with Gasteiger partial charge >= 0.3 is 5.97 Å². The molecule has 0 aromatic carbocycles. The lowest BCUT2D eigenvalue weighted by atomic mass is 9.81. The zero-order valence-electron chi connectivity index (χ0n) is 11.3. The number of carbonyl (C=O) groups excluding carboxylic acids is 1. The molecule has 1 amide bonds. The van der Waals surface area contributed by atoms with Crippen LogP contribution in [0.3, 0.4) is 0 Å². The molecule has 2 aliphatic rings. The van der Waals surface area contributed by atoms with Crippen LogP contribution in [0.1, 0.15) is 44.9 Å². The van der Waals surface area contributed by atoms with Crippen molar-refractivity contribution in [2.45, 2.75) is 51.0 Å². The second-order valence-corrected chi connectivity index (χ2v) is 5.62. The lowest BCUT2D eigenvalue weighted by Crippen LogP contribution is -2.40. The highest BCUT2D eigenvalue weighted by Gasteiger charge is 2.29. The van der Waals surface area contributed by atoms with Crippen LogP contribution in [0.4, 0.5) is 0 Å². The maximum atomic E-state index is 12.0. The molecule has 5 nitrogen and oxygen atoms in total. The van der Waals surface area contributed by atoms with Gasteiger partial charge in [-0.15, -0.1) is 0 Å². The molecule has 0 bridgehead atoms. The number of ether oxygens (including phenoxy) is 1. The van der Waals surface area contributed by atoms with E-state index in [0.29, 0.717) is 32.2 Å². The largest absolute Gasteiger partial charge is 0.481 e. The van der Waals surface area contributed by atoms with Crippen molar-refractivity contribution in [3.8, 4) is 0 Å². The van der Waals surface area contributed by atoms with Crippen LogP contribution in [-0.4, -0.2) is 36.2 Å². The predicted molar refractivity (Wildman–Crippen MR) is 69.7 cm³/mol. The minimum absolute atomic E-state index is 0.0146. The van der Waals surface area contributed by atoms with Crippen molar-refractivity contribution in [2.24, 2.45) is 11.8 Å².